The average molecular weight is 1020 g/mol. The summed E-state index contributed by atoms with van der Waals surface area (Å²) in [6.45, 7) is 6.63. The molecule has 0 fully saturated rings. The number of esters is 3. The first-order valence-corrected chi connectivity index (χ1v) is 31.8. The van der Waals surface area contributed by atoms with Crippen LogP contribution in [0, 0.1) is 0 Å². The molecule has 0 saturated heterocycles. The first-order chi connectivity index (χ1) is 36.0. The highest BCUT2D eigenvalue weighted by Gasteiger charge is 2.19. The van der Waals surface area contributed by atoms with E-state index in [1.165, 1.54) is 205 Å². The van der Waals surface area contributed by atoms with E-state index in [1.807, 2.05) is 0 Å². The zero-order valence-electron chi connectivity index (χ0n) is 48.7. The van der Waals surface area contributed by atoms with Crippen molar-refractivity contribution in [2.75, 3.05) is 13.2 Å². The van der Waals surface area contributed by atoms with Crippen LogP contribution in [-0.4, -0.2) is 37.2 Å². The van der Waals surface area contributed by atoms with Crippen LogP contribution in [0.4, 0.5) is 0 Å². The Morgan fingerprint density at radius 1 is 0.274 bits per heavy atom. The van der Waals surface area contributed by atoms with Gasteiger partial charge in [0, 0.05) is 19.3 Å². The fourth-order valence-corrected chi connectivity index (χ4v) is 9.19. The Bertz CT molecular complexity index is 1310. The summed E-state index contributed by atoms with van der Waals surface area (Å²) in [4.78, 5) is 38.3. The molecule has 0 aliphatic carbocycles. The molecule has 0 bridgehead atoms. The Balaban J connectivity index is 4.40. The van der Waals surface area contributed by atoms with Crippen molar-refractivity contribution in [3.8, 4) is 0 Å². The lowest BCUT2D eigenvalue weighted by Gasteiger charge is -2.18. The zero-order valence-corrected chi connectivity index (χ0v) is 48.7. The minimum atomic E-state index is -0.788. The van der Waals surface area contributed by atoms with Crippen LogP contribution in [0.25, 0.3) is 0 Å². The first kappa shape index (κ1) is 70.1. The van der Waals surface area contributed by atoms with Gasteiger partial charge in [-0.2, -0.15) is 0 Å². The number of allylic oxidation sites excluding steroid dienone is 10. The van der Waals surface area contributed by atoms with E-state index < -0.39 is 6.10 Å². The number of hydrogen-bond donors (Lipinski definition) is 0. The summed E-state index contributed by atoms with van der Waals surface area (Å²) in [7, 11) is 0. The molecule has 6 nitrogen and oxygen atoms in total. The molecule has 0 heterocycles. The molecular formula is C67H120O6. The van der Waals surface area contributed by atoms with Gasteiger partial charge in [-0.05, 0) is 96.3 Å². The van der Waals surface area contributed by atoms with Crippen molar-refractivity contribution in [3.63, 3.8) is 0 Å². The van der Waals surface area contributed by atoms with Gasteiger partial charge in [0.1, 0.15) is 13.2 Å². The van der Waals surface area contributed by atoms with Gasteiger partial charge in [-0.3, -0.25) is 14.4 Å². The van der Waals surface area contributed by atoms with E-state index in [4.69, 9.17) is 14.2 Å². The van der Waals surface area contributed by atoms with Crippen molar-refractivity contribution < 1.29 is 28.6 Å². The van der Waals surface area contributed by atoms with Gasteiger partial charge < -0.3 is 14.2 Å². The molecule has 0 amide bonds. The summed E-state index contributed by atoms with van der Waals surface area (Å²) in [5.74, 6) is -0.894. The van der Waals surface area contributed by atoms with Crippen molar-refractivity contribution in [1.82, 2.24) is 0 Å². The molecular weight excluding hydrogens is 901 g/mol. The number of carbonyl (C=O) groups is 3. The largest absolute Gasteiger partial charge is 0.462 e. The minimum Gasteiger partial charge on any atom is -0.462 e. The van der Waals surface area contributed by atoms with Crippen LogP contribution < -0.4 is 0 Å². The van der Waals surface area contributed by atoms with E-state index in [0.717, 1.165) is 83.5 Å². The van der Waals surface area contributed by atoms with Gasteiger partial charge in [0.25, 0.3) is 0 Å². The third kappa shape index (κ3) is 59.9. The number of ether oxygens (including phenoxy) is 3. The maximum atomic E-state index is 12.9. The Morgan fingerprint density at radius 3 is 0.795 bits per heavy atom. The predicted molar refractivity (Wildman–Crippen MR) is 316 cm³/mol. The fraction of sp³-hybridized carbons (Fsp3) is 0.806. The van der Waals surface area contributed by atoms with Crippen LogP contribution in [0.15, 0.2) is 60.8 Å². The lowest BCUT2D eigenvalue weighted by atomic mass is 10.1. The SMILES string of the molecule is CCCCC/C=C\C=C/CCCCCCCCCCCCC(=O)OCC(COC(=O)CCCCCCC/C=C\CCCCCCCCCCC)OC(=O)CCCCCCC/C=C\C=C/CCCCCCCCC. The van der Waals surface area contributed by atoms with Crippen molar-refractivity contribution in [2.45, 2.75) is 335 Å². The monoisotopic (exact) mass is 1020 g/mol. The molecule has 0 aliphatic rings. The maximum Gasteiger partial charge on any atom is 0.306 e. The van der Waals surface area contributed by atoms with E-state index in [0.29, 0.717) is 19.3 Å². The third-order valence-corrected chi connectivity index (χ3v) is 14.0. The molecule has 1 unspecified atom stereocenters. The lowest BCUT2D eigenvalue weighted by Crippen LogP contribution is -2.30. The van der Waals surface area contributed by atoms with Gasteiger partial charge in [-0.15, -0.1) is 0 Å². The van der Waals surface area contributed by atoms with Crippen LogP contribution in [0.3, 0.4) is 0 Å². The van der Waals surface area contributed by atoms with Crippen molar-refractivity contribution >= 4 is 17.9 Å². The molecule has 0 radical (unpaired) electrons. The predicted octanol–water partition coefficient (Wildman–Crippen LogP) is 21.6. The van der Waals surface area contributed by atoms with Gasteiger partial charge in [-0.1, -0.05) is 274 Å². The van der Waals surface area contributed by atoms with Gasteiger partial charge >= 0.3 is 17.9 Å². The number of rotatable bonds is 58. The molecule has 0 rings (SSSR count). The molecule has 0 spiro atoms. The van der Waals surface area contributed by atoms with Crippen molar-refractivity contribution in [2.24, 2.45) is 0 Å². The molecule has 0 N–H and O–H groups in total. The summed E-state index contributed by atoms with van der Waals surface area (Å²) in [5.41, 5.74) is 0. The lowest BCUT2D eigenvalue weighted by molar-refractivity contribution is -0.167. The van der Waals surface area contributed by atoms with Gasteiger partial charge in [-0.25, -0.2) is 0 Å². The number of hydrogen-bond acceptors (Lipinski definition) is 6. The second-order valence-electron chi connectivity index (χ2n) is 21.4. The molecule has 73 heavy (non-hydrogen) atoms. The Kier molecular flexibility index (Phi) is 59.2. The Hall–Kier alpha value is -2.89. The Morgan fingerprint density at radius 2 is 0.493 bits per heavy atom. The maximum absolute atomic E-state index is 12.9. The highest BCUT2D eigenvalue weighted by atomic mass is 16.6. The quantitative estimate of drug-likeness (QED) is 0.0199. The number of carbonyl (C=O) groups excluding carboxylic acids is 3. The second-order valence-corrected chi connectivity index (χ2v) is 21.4. The van der Waals surface area contributed by atoms with E-state index >= 15 is 0 Å². The zero-order chi connectivity index (χ0) is 52.9. The van der Waals surface area contributed by atoms with E-state index in [9.17, 15) is 14.4 Å². The molecule has 0 saturated carbocycles. The summed E-state index contributed by atoms with van der Waals surface area (Å²) in [6.07, 6.45) is 77.9. The second kappa shape index (κ2) is 61.7. The van der Waals surface area contributed by atoms with Crippen LogP contribution in [-0.2, 0) is 28.6 Å². The highest BCUT2D eigenvalue weighted by Crippen LogP contribution is 2.16. The molecule has 1 atom stereocenters. The molecule has 424 valence electrons. The third-order valence-electron chi connectivity index (χ3n) is 14.0. The number of unbranched alkanes of at least 4 members (excludes halogenated alkanes) is 39. The average Bonchev–Trinajstić information content (AvgIpc) is 3.39. The van der Waals surface area contributed by atoms with Crippen LogP contribution in [0.5, 0.6) is 0 Å². The smallest absolute Gasteiger partial charge is 0.306 e. The Labute approximate surface area is 453 Å². The topological polar surface area (TPSA) is 78.9 Å². The summed E-state index contributed by atoms with van der Waals surface area (Å²) in [6, 6.07) is 0. The molecule has 0 aromatic carbocycles. The van der Waals surface area contributed by atoms with Gasteiger partial charge in [0.2, 0.25) is 0 Å². The van der Waals surface area contributed by atoms with E-state index in [-0.39, 0.29) is 31.1 Å². The van der Waals surface area contributed by atoms with Gasteiger partial charge in [0.15, 0.2) is 6.10 Å². The van der Waals surface area contributed by atoms with Gasteiger partial charge in [0.05, 0.1) is 0 Å². The summed E-state index contributed by atoms with van der Waals surface area (Å²) < 4.78 is 16.9. The minimum absolute atomic E-state index is 0.0835. The van der Waals surface area contributed by atoms with Crippen molar-refractivity contribution in [1.29, 1.82) is 0 Å². The summed E-state index contributed by atoms with van der Waals surface area (Å²) in [5, 5.41) is 0. The van der Waals surface area contributed by atoms with Crippen molar-refractivity contribution in [3.05, 3.63) is 60.8 Å². The van der Waals surface area contributed by atoms with Crippen LogP contribution in [0.2, 0.25) is 0 Å². The van der Waals surface area contributed by atoms with E-state index in [2.05, 4.69) is 81.5 Å². The first-order valence-electron chi connectivity index (χ1n) is 31.8. The fourth-order valence-electron chi connectivity index (χ4n) is 9.19. The van der Waals surface area contributed by atoms with Crippen LogP contribution in [0.1, 0.15) is 329 Å². The molecule has 0 aromatic rings. The molecule has 0 aromatic heterocycles. The van der Waals surface area contributed by atoms with E-state index in [1.54, 1.807) is 0 Å². The summed E-state index contributed by atoms with van der Waals surface area (Å²) >= 11 is 0. The molecule has 6 heteroatoms. The molecule has 0 aliphatic heterocycles. The highest BCUT2D eigenvalue weighted by molar-refractivity contribution is 5.71. The standard InChI is InChI=1S/C67H120O6/c1-4-7-10-13-16-19-22-25-28-31-34-37-39-42-45-48-51-54-57-60-66(69)72-63-64(73-67(70)61-58-55-52-49-46-43-40-36-33-30-27-24-21-18-15-12-9-6-3)62-71-65(68)59-56-53-50-47-44-41-38-35-32-29-26-23-20-17-14-11-8-5-2/h16,19,22,25,30,33,35-36,38,40,64H,4-15,17-18,20-21,23-24,26-29,31-32,34,37,39,41-63H2,1-3H3/b19-16-,25-22-,33-30-,38-35-,40-36-. The van der Waals surface area contributed by atoms with Crippen LogP contribution >= 0.6 is 0 Å². The normalized spacial score (nSPS) is 12.4.